The smallest absolute Gasteiger partial charge is 0.307 e. The van der Waals surface area contributed by atoms with Crippen LogP contribution in [0, 0.1) is 10.1 Å². The van der Waals surface area contributed by atoms with E-state index in [4.69, 9.17) is 4.74 Å². The lowest BCUT2D eigenvalue weighted by molar-refractivity contribution is -0.385. The van der Waals surface area contributed by atoms with Gasteiger partial charge in [0.1, 0.15) is 23.9 Å². The van der Waals surface area contributed by atoms with Crippen molar-refractivity contribution >= 4 is 17.5 Å². The fourth-order valence-electron chi connectivity index (χ4n) is 2.68. The van der Waals surface area contributed by atoms with Crippen molar-refractivity contribution < 1.29 is 19.6 Å². The molecule has 1 heterocycles. The van der Waals surface area contributed by atoms with E-state index in [0.29, 0.717) is 5.75 Å². The van der Waals surface area contributed by atoms with E-state index >= 15 is 0 Å². The minimum atomic E-state index is -0.509. The molecule has 1 aromatic heterocycles. The number of hydrogen-bond donors (Lipinski definition) is 1. The molecule has 0 saturated carbocycles. The molecule has 8 nitrogen and oxygen atoms in total. The summed E-state index contributed by atoms with van der Waals surface area (Å²) in [6, 6.07) is 11.7. The van der Waals surface area contributed by atoms with Crippen molar-refractivity contribution in [1.29, 1.82) is 0 Å². The van der Waals surface area contributed by atoms with Gasteiger partial charge in [-0.15, -0.1) is 0 Å². The van der Waals surface area contributed by atoms with Crippen molar-refractivity contribution in [2.75, 3.05) is 7.11 Å². The van der Waals surface area contributed by atoms with E-state index in [0.717, 1.165) is 11.1 Å². The monoisotopic (exact) mass is 379 g/mol. The maximum Gasteiger partial charge on any atom is 0.307 e. The first-order valence-corrected chi connectivity index (χ1v) is 8.32. The first kappa shape index (κ1) is 18.8. The first-order chi connectivity index (χ1) is 13.5. The van der Waals surface area contributed by atoms with E-state index in [1.807, 2.05) is 0 Å². The Morgan fingerprint density at radius 3 is 2.79 bits per heavy atom. The van der Waals surface area contributed by atoms with Gasteiger partial charge < -0.3 is 9.84 Å². The lowest BCUT2D eigenvalue weighted by Gasteiger charge is -2.09. The Bertz CT molecular complexity index is 1060. The number of aromatic nitrogens is 2. The molecule has 0 fully saturated rings. The molecule has 0 aliphatic rings. The average molecular weight is 379 g/mol. The number of allylic oxidation sites excluding steroid dienone is 1. The Morgan fingerprint density at radius 2 is 2.11 bits per heavy atom. The van der Waals surface area contributed by atoms with Gasteiger partial charge in [0.25, 0.3) is 0 Å². The number of aromatic hydroxyl groups is 1. The van der Waals surface area contributed by atoms with Crippen LogP contribution in [-0.2, 0) is 6.54 Å². The van der Waals surface area contributed by atoms with Gasteiger partial charge in [-0.05, 0) is 35.9 Å². The Labute approximate surface area is 160 Å². The minimum absolute atomic E-state index is 0.0761. The molecule has 3 aromatic rings. The molecule has 0 aliphatic carbocycles. The van der Waals surface area contributed by atoms with Crippen molar-refractivity contribution in [2.24, 2.45) is 0 Å². The predicted molar refractivity (Wildman–Crippen MR) is 102 cm³/mol. The largest absolute Gasteiger partial charge is 0.507 e. The normalized spacial score (nSPS) is 10.9. The number of carbonyl (C=O) groups excluding carboxylic acids is 1. The fourth-order valence-corrected chi connectivity index (χ4v) is 2.68. The van der Waals surface area contributed by atoms with E-state index in [1.165, 1.54) is 36.3 Å². The number of ketones is 1. The van der Waals surface area contributed by atoms with E-state index < -0.39 is 4.92 Å². The van der Waals surface area contributed by atoms with Crippen LogP contribution >= 0.6 is 0 Å². The number of phenolic OH excluding ortho intramolecular Hbond substituents is 1. The van der Waals surface area contributed by atoms with E-state index in [1.54, 1.807) is 42.5 Å². The molecule has 0 amide bonds. The molecule has 0 spiro atoms. The summed E-state index contributed by atoms with van der Waals surface area (Å²) < 4.78 is 6.78. The zero-order valence-electron chi connectivity index (χ0n) is 15.0. The molecule has 0 aliphatic heterocycles. The molecule has 1 N–H and O–H groups in total. The molecule has 0 unspecified atom stereocenters. The van der Waals surface area contributed by atoms with Crippen molar-refractivity contribution in [2.45, 2.75) is 6.54 Å². The Hall–Kier alpha value is -3.94. The van der Waals surface area contributed by atoms with E-state index in [2.05, 4.69) is 5.10 Å². The van der Waals surface area contributed by atoms with Crippen LogP contribution in [0.3, 0.4) is 0 Å². The first-order valence-electron chi connectivity index (χ1n) is 8.32. The second-order valence-corrected chi connectivity index (χ2v) is 5.94. The third kappa shape index (κ3) is 4.24. The van der Waals surface area contributed by atoms with Gasteiger partial charge in [-0.3, -0.25) is 19.6 Å². The quantitative estimate of drug-likeness (QED) is 0.292. The summed E-state index contributed by atoms with van der Waals surface area (Å²) in [6.45, 7) is 0.270. The van der Waals surface area contributed by atoms with Crippen LogP contribution in [0.5, 0.6) is 11.5 Å². The lowest BCUT2D eigenvalue weighted by atomic mass is 10.1. The van der Waals surface area contributed by atoms with Crippen molar-refractivity contribution in [3.05, 3.63) is 87.7 Å². The number of benzene rings is 2. The van der Waals surface area contributed by atoms with Crippen molar-refractivity contribution in [1.82, 2.24) is 9.78 Å². The molecule has 28 heavy (non-hydrogen) atoms. The lowest BCUT2D eigenvalue weighted by Crippen LogP contribution is -2.02. The molecule has 0 bridgehead atoms. The van der Waals surface area contributed by atoms with Gasteiger partial charge in [-0.2, -0.15) is 5.10 Å². The SMILES string of the molecule is COc1ccc(C=CC(=O)c2ccccc2O)cc1Cn1cc([N+](=O)[O-])cn1. The van der Waals surface area contributed by atoms with Crippen LogP contribution in [0.4, 0.5) is 5.69 Å². The molecule has 0 radical (unpaired) electrons. The Morgan fingerprint density at radius 1 is 1.32 bits per heavy atom. The predicted octanol–water partition coefficient (Wildman–Crippen LogP) is 3.45. The van der Waals surface area contributed by atoms with Crippen molar-refractivity contribution in [3.63, 3.8) is 0 Å². The topological polar surface area (TPSA) is 107 Å². The van der Waals surface area contributed by atoms with Gasteiger partial charge in [0, 0.05) is 5.56 Å². The van der Waals surface area contributed by atoms with Crippen molar-refractivity contribution in [3.8, 4) is 11.5 Å². The zero-order chi connectivity index (χ0) is 20.1. The van der Waals surface area contributed by atoms with Gasteiger partial charge in [0.15, 0.2) is 5.78 Å². The molecule has 2 aromatic carbocycles. The summed E-state index contributed by atoms with van der Waals surface area (Å²) in [6.07, 6.45) is 5.52. The second-order valence-electron chi connectivity index (χ2n) is 5.94. The van der Waals surface area contributed by atoms with Crippen LogP contribution in [-0.4, -0.2) is 32.7 Å². The Kier molecular flexibility index (Phi) is 5.50. The summed E-state index contributed by atoms with van der Waals surface area (Å²) >= 11 is 0. The number of para-hydroxylation sites is 1. The van der Waals surface area contributed by atoms with Crippen LogP contribution in [0.1, 0.15) is 21.5 Å². The Balaban J connectivity index is 1.83. The zero-order valence-corrected chi connectivity index (χ0v) is 15.0. The van der Waals surface area contributed by atoms with E-state index in [9.17, 15) is 20.0 Å². The summed E-state index contributed by atoms with van der Waals surface area (Å²) in [5.41, 5.74) is 1.61. The fraction of sp³-hybridized carbons (Fsp3) is 0.100. The number of methoxy groups -OCH3 is 1. The highest BCUT2D eigenvalue weighted by molar-refractivity contribution is 6.08. The number of ether oxygens (including phenoxy) is 1. The standard InChI is InChI=1S/C20H17N3O5/c1-28-20-9-7-14(6-8-19(25)17-4-2-3-5-18(17)24)10-15(20)12-22-13-16(11-21-22)23(26)27/h2-11,13,24H,12H2,1H3. The number of nitro groups is 1. The third-order valence-electron chi connectivity index (χ3n) is 4.06. The maximum absolute atomic E-state index is 12.3. The highest BCUT2D eigenvalue weighted by Gasteiger charge is 2.11. The number of carbonyl (C=O) groups is 1. The molecule has 0 atom stereocenters. The number of hydrogen-bond acceptors (Lipinski definition) is 6. The van der Waals surface area contributed by atoms with Gasteiger partial charge in [0.2, 0.25) is 0 Å². The molecular weight excluding hydrogens is 362 g/mol. The molecule has 8 heteroatoms. The van der Waals surface area contributed by atoms with Crippen LogP contribution in [0.2, 0.25) is 0 Å². The highest BCUT2D eigenvalue weighted by atomic mass is 16.6. The van der Waals surface area contributed by atoms with Crippen LogP contribution in [0.15, 0.2) is 60.9 Å². The summed E-state index contributed by atoms with van der Waals surface area (Å²) in [5, 5.41) is 24.6. The van der Waals surface area contributed by atoms with Gasteiger partial charge >= 0.3 is 5.69 Å². The average Bonchev–Trinajstić information content (AvgIpc) is 3.15. The highest BCUT2D eigenvalue weighted by Crippen LogP contribution is 2.23. The summed E-state index contributed by atoms with van der Waals surface area (Å²) in [4.78, 5) is 22.5. The van der Waals surface area contributed by atoms with Crippen LogP contribution in [0.25, 0.3) is 6.08 Å². The molecule has 0 saturated heterocycles. The minimum Gasteiger partial charge on any atom is -0.507 e. The number of nitrogens with zero attached hydrogens (tertiary/aromatic N) is 3. The maximum atomic E-state index is 12.3. The van der Waals surface area contributed by atoms with Gasteiger partial charge in [0.05, 0.1) is 24.1 Å². The summed E-state index contributed by atoms with van der Waals surface area (Å²) in [7, 11) is 1.53. The molecule has 142 valence electrons. The molecular formula is C20H17N3O5. The number of phenols is 1. The van der Waals surface area contributed by atoms with E-state index in [-0.39, 0.29) is 29.3 Å². The molecule has 3 rings (SSSR count). The van der Waals surface area contributed by atoms with Gasteiger partial charge in [-0.1, -0.05) is 24.3 Å². The van der Waals surface area contributed by atoms with Gasteiger partial charge in [-0.25, -0.2) is 0 Å². The summed E-state index contributed by atoms with van der Waals surface area (Å²) in [5.74, 6) is 0.202. The number of rotatable bonds is 7. The second kappa shape index (κ2) is 8.17. The third-order valence-corrected chi connectivity index (χ3v) is 4.06. The van der Waals surface area contributed by atoms with Crippen LogP contribution < -0.4 is 4.74 Å².